The van der Waals surface area contributed by atoms with Gasteiger partial charge >= 0.3 is 0 Å². The standard InChI is InChI=1S/C9H12O2S/c1-8(10)3-2-6-12-9-4-5-11-7-9/h4-5,7H,2-3,6H2,1H3. The molecule has 0 unspecified atom stereocenters. The minimum absolute atomic E-state index is 0.266. The van der Waals surface area contributed by atoms with Gasteiger partial charge in [-0.15, -0.1) is 11.8 Å². The van der Waals surface area contributed by atoms with E-state index in [1.54, 1.807) is 31.2 Å². The number of carbonyl (C=O) groups excluding carboxylic acids is 1. The molecule has 0 aliphatic heterocycles. The molecule has 12 heavy (non-hydrogen) atoms. The molecule has 0 amide bonds. The van der Waals surface area contributed by atoms with Crippen molar-refractivity contribution in [3.63, 3.8) is 0 Å². The number of Topliss-reactive ketones (excluding diaryl/α,β-unsaturated/α-hetero) is 1. The van der Waals surface area contributed by atoms with Gasteiger partial charge in [-0.3, -0.25) is 0 Å². The molecule has 0 saturated carbocycles. The highest BCUT2D eigenvalue weighted by Crippen LogP contribution is 2.19. The van der Waals surface area contributed by atoms with Crippen LogP contribution in [0.5, 0.6) is 0 Å². The summed E-state index contributed by atoms with van der Waals surface area (Å²) in [6, 6.07) is 1.93. The highest BCUT2D eigenvalue weighted by Gasteiger charge is 1.96. The first-order chi connectivity index (χ1) is 5.79. The fraction of sp³-hybridized carbons (Fsp3) is 0.444. The van der Waals surface area contributed by atoms with Crippen molar-refractivity contribution in [3.05, 3.63) is 18.6 Å². The molecule has 0 atom stereocenters. The monoisotopic (exact) mass is 184 g/mol. The third kappa shape index (κ3) is 3.62. The molecule has 1 rings (SSSR count). The van der Waals surface area contributed by atoms with E-state index in [0.29, 0.717) is 6.42 Å². The summed E-state index contributed by atoms with van der Waals surface area (Å²) < 4.78 is 4.90. The summed E-state index contributed by atoms with van der Waals surface area (Å²) in [4.78, 5) is 11.7. The van der Waals surface area contributed by atoms with Crippen molar-refractivity contribution in [2.75, 3.05) is 5.75 Å². The maximum atomic E-state index is 10.6. The van der Waals surface area contributed by atoms with Crippen molar-refractivity contribution in [1.29, 1.82) is 0 Å². The summed E-state index contributed by atoms with van der Waals surface area (Å²) in [5.74, 6) is 1.25. The number of ketones is 1. The van der Waals surface area contributed by atoms with Crippen molar-refractivity contribution < 1.29 is 9.21 Å². The lowest BCUT2D eigenvalue weighted by atomic mass is 10.3. The molecule has 66 valence electrons. The van der Waals surface area contributed by atoms with E-state index in [1.165, 1.54) is 0 Å². The van der Waals surface area contributed by atoms with Crippen molar-refractivity contribution in [1.82, 2.24) is 0 Å². The van der Waals surface area contributed by atoms with E-state index in [-0.39, 0.29) is 5.78 Å². The molecule has 1 aromatic heterocycles. The number of furan rings is 1. The molecular weight excluding hydrogens is 172 g/mol. The average molecular weight is 184 g/mol. The molecule has 0 radical (unpaired) electrons. The minimum Gasteiger partial charge on any atom is -0.471 e. The van der Waals surface area contributed by atoms with Gasteiger partial charge in [-0.25, -0.2) is 0 Å². The summed E-state index contributed by atoms with van der Waals surface area (Å²) in [6.45, 7) is 1.63. The zero-order valence-electron chi connectivity index (χ0n) is 7.08. The molecule has 0 fully saturated rings. The molecule has 0 saturated heterocycles. The van der Waals surface area contributed by atoms with Gasteiger partial charge in [0, 0.05) is 11.3 Å². The quantitative estimate of drug-likeness (QED) is 0.520. The molecule has 0 spiro atoms. The molecule has 0 aliphatic rings. The number of rotatable bonds is 5. The highest BCUT2D eigenvalue weighted by molar-refractivity contribution is 7.99. The molecule has 0 aliphatic carbocycles. The lowest BCUT2D eigenvalue weighted by Gasteiger charge is -1.95. The molecule has 0 bridgehead atoms. The van der Waals surface area contributed by atoms with Crippen LogP contribution in [0.3, 0.4) is 0 Å². The first-order valence-corrected chi connectivity index (χ1v) is 4.92. The summed E-state index contributed by atoms with van der Waals surface area (Å²) in [5, 5.41) is 0. The van der Waals surface area contributed by atoms with Gasteiger partial charge in [0.25, 0.3) is 0 Å². The molecule has 0 aromatic carbocycles. The van der Waals surface area contributed by atoms with Crippen molar-refractivity contribution in [2.24, 2.45) is 0 Å². The van der Waals surface area contributed by atoms with Gasteiger partial charge in [0.05, 0.1) is 6.26 Å². The van der Waals surface area contributed by atoms with Crippen LogP contribution in [-0.4, -0.2) is 11.5 Å². The Morgan fingerprint density at radius 1 is 1.67 bits per heavy atom. The van der Waals surface area contributed by atoms with Crippen LogP contribution in [-0.2, 0) is 4.79 Å². The van der Waals surface area contributed by atoms with E-state index in [9.17, 15) is 4.79 Å². The Morgan fingerprint density at radius 2 is 2.50 bits per heavy atom. The van der Waals surface area contributed by atoms with Crippen LogP contribution in [0.1, 0.15) is 19.8 Å². The van der Waals surface area contributed by atoms with E-state index in [4.69, 9.17) is 4.42 Å². The van der Waals surface area contributed by atoms with E-state index in [2.05, 4.69) is 0 Å². The van der Waals surface area contributed by atoms with Gasteiger partial charge in [-0.05, 0) is 25.2 Å². The fourth-order valence-corrected chi connectivity index (χ4v) is 1.64. The van der Waals surface area contributed by atoms with E-state index in [1.807, 2.05) is 6.07 Å². The molecular formula is C9H12O2S. The molecule has 2 nitrogen and oxygen atoms in total. The lowest BCUT2D eigenvalue weighted by molar-refractivity contribution is -0.117. The van der Waals surface area contributed by atoms with Gasteiger partial charge in [-0.1, -0.05) is 0 Å². The van der Waals surface area contributed by atoms with Gasteiger partial charge in [-0.2, -0.15) is 0 Å². The maximum Gasteiger partial charge on any atom is 0.129 e. The molecule has 0 N–H and O–H groups in total. The van der Waals surface area contributed by atoms with E-state index >= 15 is 0 Å². The van der Waals surface area contributed by atoms with Crippen molar-refractivity contribution >= 4 is 17.5 Å². The maximum absolute atomic E-state index is 10.6. The molecule has 3 heteroatoms. The normalized spacial score (nSPS) is 10.1. The van der Waals surface area contributed by atoms with Gasteiger partial charge in [0.2, 0.25) is 0 Å². The second-order valence-corrected chi connectivity index (χ2v) is 3.78. The van der Waals surface area contributed by atoms with Crippen LogP contribution in [0.25, 0.3) is 0 Å². The van der Waals surface area contributed by atoms with Gasteiger partial charge in [0.15, 0.2) is 0 Å². The Labute approximate surface area is 76.3 Å². The number of hydrogen-bond donors (Lipinski definition) is 0. The minimum atomic E-state index is 0.266. The second kappa shape index (κ2) is 5.04. The predicted molar refractivity (Wildman–Crippen MR) is 49.3 cm³/mol. The molecule has 1 aromatic rings. The first-order valence-electron chi connectivity index (χ1n) is 3.93. The first kappa shape index (κ1) is 9.39. The van der Waals surface area contributed by atoms with E-state index < -0.39 is 0 Å². The largest absolute Gasteiger partial charge is 0.471 e. The van der Waals surface area contributed by atoms with Crippen LogP contribution in [0.15, 0.2) is 27.9 Å². The smallest absolute Gasteiger partial charge is 0.129 e. The summed E-state index contributed by atoms with van der Waals surface area (Å²) in [7, 11) is 0. The Balaban J connectivity index is 2.07. The number of carbonyl (C=O) groups is 1. The Kier molecular flexibility index (Phi) is 3.94. The topological polar surface area (TPSA) is 30.2 Å². The number of hydrogen-bond acceptors (Lipinski definition) is 3. The van der Waals surface area contributed by atoms with Crippen LogP contribution >= 0.6 is 11.8 Å². The third-order valence-electron chi connectivity index (χ3n) is 1.44. The predicted octanol–water partition coefficient (Wildman–Crippen LogP) is 2.74. The van der Waals surface area contributed by atoms with Gasteiger partial charge < -0.3 is 9.21 Å². The SMILES string of the molecule is CC(=O)CCCSc1ccoc1. The Hall–Kier alpha value is -0.700. The number of thioether (sulfide) groups is 1. The second-order valence-electron chi connectivity index (χ2n) is 2.61. The summed E-state index contributed by atoms with van der Waals surface area (Å²) in [5.41, 5.74) is 0. The third-order valence-corrected chi connectivity index (χ3v) is 2.50. The average Bonchev–Trinajstić information content (AvgIpc) is 2.49. The Morgan fingerprint density at radius 3 is 3.08 bits per heavy atom. The Bertz CT molecular complexity index is 229. The fourth-order valence-electron chi connectivity index (χ4n) is 0.845. The van der Waals surface area contributed by atoms with Crippen LogP contribution in [0.4, 0.5) is 0 Å². The van der Waals surface area contributed by atoms with Gasteiger partial charge in [0.1, 0.15) is 12.0 Å². The zero-order chi connectivity index (χ0) is 8.81. The summed E-state index contributed by atoms with van der Waals surface area (Å²) >= 11 is 1.72. The van der Waals surface area contributed by atoms with Crippen molar-refractivity contribution in [3.8, 4) is 0 Å². The zero-order valence-corrected chi connectivity index (χ0v) is 7.89. The van der Waals surface area contributed by atoms with Crippen LogP contribution < -0.4 is 0 Å². The van der Waals surface area contributed by atoms with Crippen molar-refractivity contribution in [2.45, 2.75) is 24.7 Å². The van der Waals surface area contributed by atoms with E-state index in [0.717, 1.165) is 17.1 Å². The van der Waals surface area contributed by atoms with Crippen LogP contribution in [0, 0.1) is 0 Å². The lowest BCUT2D eigenvalue weighted by Crippen LogP contribution is -1.90. The highest BCUT2D eigenvalue weighted by atomic mass is 32.2. The van der Waals surface area contributed by atoms with Crippen LogP contribution in [0.2, 0.25) is 0 Å². The molecule has 1 heterocycles. The summed E-state index contributed by atoms with van der Waals surface area (Å²) in [6.07, 6.45) is 5.02.